The van der Waals surface area contributed by atoms with Crippen molar-refractivity contribution in [3.05, 3.63) is 35.2 Å². The molecule has 1 fully saturated rings. The zero-order chi connectivity index (χ0) is 34.8. The molecule has 1 aromatic heterocycles. The molecule has 266 valence electrons. The monoisotopic (exact) mass is 670 g/mol. The molecule has 2 heterocycles. The summed E-state index contributed by atoms with van der Waals surface area (Å²) >= 11 is 0. The number of rotatable bonds is 7. The number of nitrogens with zero attached hydrogens (tertiary/aromatic N) is 3. The van der Waals surface area contributed by atoms with E-state index in [9.17, 15) is 19.5 Å². The molecule has 13 nitrogen and oxygen atoms in total. The van der Waals surface area contributed by atoms with Gasteiger partial charge in [0.15, 0.2) is 5.76 Å². The molecule has 13 heteroatoms. The average molecular weight is 671 g/mol. The van der Waals surface area contributed by atoms with Crippen LogP contribution in [0, 0.1) is 19.8 Å². The second-order valence-electron chi connectivity index (χ2n) is 13.5. The van der Waals surface area contributed by atoms with E-state index < -0.39 is 12.1 Å². The summed E-state index contributed by atoms with van der Waals surface area (Å²) < 4.78 is 17.8. The van der Waals surface area contributed by atoms with Crippen LogP contribution in [-0.2, 0) is 4.74 Å². The van der Waals surface area contributed by atoms with Crippen molar-refractivity contribution in [3.63, 3.8) is 0 Å². The second-order valence-corrected chi connectivity index (χ2v) is 13.5. The second kappa shape index (κ2) is 17.5. The molecule has 1 aliphatic carbocycles. The molecule has 1 aliphatic heterocycles. The van der Waals surface area contributed by atoms with Crippen molar-refractivity contribution in [1.82, 2.24) is 20.3 Å². The van der Waals surface area contributed by atoms with E-state index in [0.29, 0.717) is 41.7 Å². The fourth-order valence-corrected chi connectivity index (χ4v) is 6.28. The van der Waals surface area contributed by atoms with Crippen molar-refractivity contribution >= 4 is 29.3 Å². The molecular formula is C35H54N6O7. The van der Waals surface area contributed by atoms with E-state index in [-0.39, 0.29) is 54.8 Å². The third-order valence-electron chi connectivity index (χ3n) is 9.31. The highest BCUT2D eigenvalue weighted by molar-refractivity contribution is 6.03. The number of ether oxygens (including phenoxy) is 2. The fraction of sp³-hybridized carbons (Fsp3) is 0.657. The van der Waals surface area contributed by atoms with Gasteiger partial charge in [0.1, 0.15) is 17.1 Å². The topological polar surface area (TPSA) is 158 Å². The summed E-state index contributed by atoms with van der Waals surface area (Å²) in [6.07, 6.45) is 7.37. The van der Waals surface area contributed by atoms with E-state index in [1.54, 1.807) is 55.8 Å². The largest absolute Gasteiger partial charge is 0.490 e. The third kappa shape index (κ3) is 10.1. The predicted molar refractivity (Wildman–Crippen MR) is 184 cm³/mol. The molecular weight excluding hydrogens is 616 g/mol. The Kier molecular flexibility index (Phi) is 13.5. The maximum atomic E-state index is 14.4. The van der Waals surface area contributed by atoms with Crippen LogP contribution in [0.1, 0.15) is 93.9 Å². The molecule has 0 spiro atoms. The van der Waals surface area contributed by atoms with Gasteiger partial charge in [-0.15, -0.1) is 0 Å². The molecule has 0 radical (unpaired) electrons. The summed E-state index contributed by atoms with van der Waals surface area (Å²) in [5.74, 6) is 0.349. The molecule has 4 N–H and O–H groups in total. The summed E-state index contributed by atoms with van der Waals surface area (Å²) in [6, 6.07) is 4.02. The summed E-state index contributed by atoms with van der Waals surface area (Å²) in [7, 11) is 1.78. The average Bonchev–Trinajstić information content (AvgIpc) is 3.38. The van der Waals surface area contributed by atoms with Crippen molar-refractivity contribution < 1.29 is 33.5 Å². The van der Waals surface area contributed by atoms with Crippen molar-refractivity contribution in [2.75, 3.05) is 44.0 Å². The number of benzene rings is 1. The number of fused-ring (bicyclic) bond motifs is 1. The Balaban J connectivity index is 1.57. The Morgan fingerprint density at radius 3 is 2.50 bits per heavy atom. The van der Waals surface area contributed by atoms with Gasteiger partial charge in [-0.3, -0.25) is 4.79 Å². The van der Waals surface area contributed by atoms with Gasteiger partial charge in [0.05, 0.1) is 30.4 Å². The first-order chi connectivity index (χ1) is 23.0. The molecule has 48 heavy (non-hydrogen) atoms. The smallest absolute Gasteiger partial charge is 0.323 e. The molecule has 0 unspecified atom stereocenters. The molecule has 1 aromatic carbocycles. The van der Waals surface area contributed by atoms with E-state index in [2.05, 4.69) is 21.1 Å². The van der Waals surface area contributed by atoms with Crippen LogP contribution >= 0.6 is 0 Å². The lowest BCUT2D eigenvalue weighted by atomic mass is 9.96. The number of hydrogen-bond donors (Lipinski definition) is 4. The first kappa shape index (κ1) is 37.0. The number of carbonyl (C=O) groups excluding carboxylic acids is 3. The Bertz CT molecular complexity index is 1360. The van der Waals surface area contributed by atoms with Gasteiger partial charge in [-0.05, 0) is 78.0 Å². The standard InChI is InChI=1S/C35H54N6O7/c1-22-19-41(23(2)21-42)33(43)29-18-28(36-34(44)38-32-25(4)39-48-26(32)5)15-16-30(29)47-24(3)12-10-11-17-46-31(22)20-40(6)35(45)37-27-13-8-7-9-14-27/h15-16,18,22-24,27,31,42H,7-14,17,19-21H2,1-6H3,(H,37,45)(H2,36,38,44)/t22-,23+,24-,31+/m1/s1. The number of likely N-dealkylation sites (N-methyl/N-ethyl adjacent to an activating group) is 1. The minimum atomic E-state index is -0.523. The number of aliphatic hydroxyl groups is 1. The normalized spacial score (nSPS) is 22.1. The number of anilines is 2. The quantitative estimate of drug-likeness (QED) is 0.292. The van der Waals surface area contributed by atoms with Gasteiger partial charge in [0.25, 0.3) is 5.91 Å². The lowest BCUT2D eigenvalue weighted by Crippen LogP contribution is -2.50. The zero-order valence-corrected chi connectivity index (χ0v) is 29.3. The third-order valence-corrected chi connectivity index (χ3v) is 9.31. The van der Waals surface area contributed by atoms with E-state index in [4.69, 9.17) is 14.0 Å². The number of nitrogens with one attached hydrogen (secondary N) is 3. The van der Waals surface area contributed by atoms with Crippen LogP contribution in [0.3, 0.4) is 0 Å². The Labute approximate surface area is 284 Å². The molecule has 2 aliphatic rings. The predicted octanol–water partition coefficient (Wildman–Crippen LogP) is 5.71. The number of aliphatic hydroxyl groups excluding tert-OH is 1. The van der Waals surface area contributed by atoms with E-state index in [0.717, 1.165) is 44.9 Å². The lowest BCUT2D eigenvalue weighted by molar-refractivity contribution is -0.0123. The molecule has 4 rings (SSSR count). The van der Waals surface area contributed by atoms with Crippen molar-refractivity contribution in [2.45, 2.75) is 110 Å². The highest BCUT2D eigenvalue weighted by Crippen LogP contribution is 2.29. The molecule has 2 aromatic rings. The van der Waals surface area contributed by atoms with Crippen LogP contribution in [0.4, 0.5) is 21.0 Å². The Morgan fingerprint density at radius 1 is 1.08 bits per heavy atom. The molecule has 0 saturated heterocycles. The van der Waals surface area contributed by atoms with Crippen LogP contribution in [0.15, 0.2) is 22.7 Å². The van der Waals surface area contributed by atoms with Gasteiger partial charge in [-0.25, -0.2) is 9.59 Å². The first-order valence-corrected chi connectivity index (χ1v) is 17.3. The zero-order valence-electron chi connectivity index (χ0n) is 29.3. The van der Waals surface area contributed by atoms with Crippen LogP contribution in [0.25, 0.3) is 0 Å². The van der Waals surface area contributed by atoms with Gasteiger partial charge in [0.2, 0.25) is 0 Å². The SMILES string of the molecule is Cc1noc(C)c1NC(=O)Nc1ccc2c(c1)C(=O)N([C@@H](C)CO)C[C@@H](C)[C@H](CN(C)C(=O)NC1CCCCC1)OCCCC[C@@H](C)O2. The summed E-state index contributed by atoms with van der Waals surface area (Å²) in [4.78, 5) is 43.7. The van der Waals surface area contributed by atoms with Gasteiger partial charge in [-0.1, -0.05) is 31.3 Å². The van der Waals surface area contributed by atoms with Gasteiger partial charge in [0, 0.05) is 44.4 Å². The highest BCUT2D eigenvalue weighted by atomic mass is 16.5. The van der Waals surface area contributed by atoms with Crippen LogP contribution in [-0.4, -0.2) is 95.7 Å². The van der Waals surface area contributed by atoms with Crippen LogP contribution in [0.2, 0.25) is 0 Å². The Morgan fingerprint density at radius 2 is 1.81 bits per heavy atom. The summed E-state index contributed by atoms with van der Waals surface area (Å²) in [6.45, 7) is 10.1. The van der Waals surface area contributed by atoms with Crippen molar-refractivity contribution in [3.8, 4) is 5.75 Å². The van der Waals surface area contributed by atoms with E-state index in [1.807, 2.05) is 13.8 Å². The maximum absolute atomic E-state index is 14.4. The minimum absolute atomic E-state index is 0.118. The molecule has 0 bridgehead atoms. The van der Waals surface area contributed by atoms with Crippen LogP contribution < -0.4 is 20.7 Å². The Hall–Kier alpha value is -3.84. The number of aromatic nitrogens is 1. The maximum Gasteiger partial charge on any atom is 0.323 e. The molecule has 1 saturated carbocycles. The fourth-order valence-electron chi connectivity index (χ4n) is 6.28. The van der Waals surface area contributed by atoms with Crippen molar-refractivity contribution in [2.24, 2.45) is 5.92 Å². The number of hydrogen-bond acceptors (Lipinski definition) is 8. The number of aryl methyl sites for hydroxylation is 2. The van der Waals surface area contributed by atoms with Gasteiger partial charge >= 0.3 is 12.1 Å². The van der Waals surface area contributed by atoms with Gasteiger partial charge < -0.3 is 44.9 Å². The first-order valence-electron chi connectivity index (χ1n) is 17.3. The van der Waals surface area contributed by atoms with E-state index in [1.165, 1.54) is 6.42 Å². The molecule has 4 atom stereocenters. The lowest BCUT2D eigenvalue weighted by Gasteiger charge is -2.36. The van der Waals surface area contributed by atoms with E-state index >= 15 is 0 Å². The summed E-state index contributed by atoms with van der Waals surface area (Å²) in [5, 5.41) is 22.8. The number of amides is 5. The molecule has 5 amide bonds. The number of carbonyl (C=O) groups is 3. The minimum Gasteiger partial charge on any atom is -0.490 e. The summed E-state index contributed by atoms with van der Waals surface area (Å²) in [5.41, 5.74) is 1.68. The number of urea groups is 2. The van der Waals surface area contributed by atoms with Crippen molar-refractivity contribution in [1.29, 1.82) is 0 Å². The highest BCUT2D eigenvalue weighted by Gasteiger charge is 2.31. The van der Waals surface area contributed by atoms with Crippen LogP contribution in [0.5, 0.6) is 5.75 Å². The van der Waals surface area contributed by atoms with Gasteiger partial charge in [-0.2, -0.15) is 0 Å².